The summed E-state index contributed by atoms with van der Waals surface area (Å²) in [6, 6.07) is 1.33. The van der Waals surface area contributed by atoms with Crippen LogP contribution in [0.25, 0.3) is 0 Å². The number of benzene rings is 1. The van der Waals surface area contributed by atoms with Gasteiger partial charge in [0, 0.05) is 18.6 Å². The van der Waals surface area contributed by atoms with Crippen molar-refractivity contribution in [3.05, 3.63) is 35.4 Å². The van der Waals surface area contributed by atoms with Crippen LogP contribution in [0.1, 0.15) is 37.3 Å². The molecule has 2 rings (SSSR count). The first-order chi connectivity index (χ1) is 11.0. The second-order valence-electron chi connectivity index (χ2n) is 5.36. The number of ether oxygens (including phenoxy) is 2. The Morgan fingerprint density at radius 3 is 2.87 bits per heavy atom. The van der Waals surface area contributed by atoms with Crippen molar-refractivity contribution in [2.24, 2.45) is 0 Å². The summed E-state index contributed by atoms with van der Waals surface area (Å²) in [7, 11) is 1.12. The molecule has 0 radical (unpaired) electrons. The van der Waals surface area contributed by atoms with Gasteiger partial charge in [0.05, 0.1) is 13.2 Å². The summed E-state index contributed by atoms with van der Waals surface area (Å²) >= 11 is 0. The molecule has 23 heavy (non-hydrogen) atoms. The van der Waals surface area contributed by atoms with Crippen LogP contribution in [0, 0.1) is 11.6 Å². The third-order valence-electron chi connectivity index (χ3n) is 3.73. The molecule has 0 bridgehead atoms. The van der Waals surface area contributed by atoms with E-state index >= 15 is 0 Å². The zero-order chi connectivity index (χ0) is 16.8. The highest BCUT2D eigenvalue weighted by Crippen LogP contribution is 2.21. The van der Waals surface area contributed by atoms with E-state index in [1.165, 1.54) is 0 Å². The van der Waals surface area contributed by atoms with E-state index in [2.05, 4.69) is 10.1 Å². The number of nitrogens with one attached hydrogen (secondary N) is 1. The van der Waals surface area contributed by atoms with Gasteiger partial charge in [-0.25, -0.2) is 13.6 Å². The van der Waals surface area contributed by atoms with E-state index in [-0.39, 0.29) is 18.1 Å². The summed E-state index contributed by atoms with van der Waals surface area (Å²) < 4.78 is 37.2. The summed E-state index contributed by atoms with van der Waals surface area (Å²) in [5.41, 5.74) is -0.262. The molecule has 0 saturated carbocycles. The van der Waals surface area contributed by atoms with E-state index in [1.807, 2.05) is 0 Å². The fourth-order valence-corrected chi connectivity index (χ4v) is 2.51. The molecular formula is C16H19F2NO4. The predicted octanol–water partition coefficient (Wildman–Crippen LogP) is 2.25. The maximum atomic E-state index is 13.9. The van der Waals surface area contributed by atoms with Crippen LogP contribution in [0.2, 0.25) is 0 Å². The number of carbonyl (C=O) groups is 2. The molecule has 2 atom stereocenters. The first-order valence-electron chi connectivity index (χ1n) is 7.45. The first-order valence-corrected chi connectivity index (χ1v) is 7.45. The molecule has 1 aromatic carbocycles. The van der Waals surface area contributed by atoms with E-state index in [1.54, 1.807) is 0 Å². The molecule has 126 valence electrons. The van der Waals surface area contributed by atoms with Gasteiger partial charge in [-0.1, -0.05) is 0 Å². The SMILES string of the molecule is COC(=O)[C@@H](NC(=O)CC[C@@H]1CCCO1)c1cc(F)ccc1F. The van der Waals surface area contributed by atoms with E-state index in [0.29, 0.717) is 13.0 Å². The van der Waals surface area contributed by atoms with Crippen LogP contribution < -0.4 is 5.32 Å². The zero-order valence-electron chi connectivity index (χ0n) is 12.8. The maximum Gasteiger partial charge on any atom is 0.333 e. The molecule has 0 spiro atoms. The lowest BCUT2D eigenvalue weighted by Crippen LogP contribution is -2.35. The molecule has 5 nitrogen and oxygen atoms in total. The second-order valence-corrected chi connectivity index (χ2v) is 5.36. The minimum absolute atomic E-state index is 0.0308. The molecule has 1 aliphatic heterocycles. The Balaban J connectivity index is 2.04. The molecule has 0 unspecified atom stereocenters. The van der Waals surface area contributed by atoms with E-state index in [4.69, 9.17) is 4.74 Å². The Morgan fingerprint density at radius 2 is 2.22 bits per heavy atom. The summed E-state index contributed by atoms with van der Waals surface area (Å²) in [4.78, 5) is 23.8. The highest BCUT2D eigenvalue weighted by atomic mass is 19.1. The Labute approximate surface area is 133 Å². The highest BCUT2D eigenvalue weighted by Gasteiger charge is 2.27. The summed E-state index contributed by atoms with van der Waals surface area (Å²) in [5.74, 6) is -2.80. The number of hydrogen-bond donors (Lipinski definition) is 1. The van der Waals surface area contributed by atoms with Crippen LogP contribution in [-0.4, -0.2) is 31.7 Å². The van der Waals surface area contributed by atoms with Crippen LogP contribution in [0.5, 0.6) is 0 Å². The van der Waals surface area contributed by atoms with Crippen molar-refractivity contribution in [2.45, 2.75) is 37.8 Å². The summed E-state index contributed by atoms with van der Waals surface area (Å²) in [5, 5.41) is 2.40. The van der Waals surface area contributed by atoms with Crippen LogP contribution >= 0.6 is 0 Å². The minimum atomic E-state index is -1.38. The van der Waals surface area contributed by atoms with Crippen molar-refractivity contribution >= 4 is 11.9 Å². The Morgan fingerprint density at radius 1 is 1.43 bits per heavy atom. The van der Waals surface area contributed by atoms with Crippen LogP contribution in [-0.2, 0) is 19.1 Å². The highest BCUT2D eigenvalue weighted by molar-refractivity contribution is 5.85. The number of amides is 1. The van der Waals surface area contributed by atoms with E-state index in [9.17, 15) is 18.4 Å². The average molecular weight is 327 g/mol. The molecule has 0 aromatic heterocycles. The number of carbonyl (C=O) groups excluding carboxylic acids is 2. The number of halogens is 2. The van der Waals surface area contributed by atoms with Crippen molar-refractivity contribution in [3.63, 3.8) is 0 Å². The van der Waals surface area contributed by atoms with E-state index in [0.717, 1.165) is 38.2 Å². The average Bonchev–Trinajstić information content (AvgIpc) is 3.06. The van der Waals surface area contributed by atoms with Gasteiger partial charge in [-0.3, -0.25) is 4.79 Å². The zero-order valence-corrected chi connectivity index (χ0v) is 12.8. The topological polar surface area (TPSA) is 64.6 Å². The molecule has 1 N–H and O–H groups in total. The Kier molecular flexibility index (Phi) is 6.04. The fourth-order valence-electron chi connectivity index (χ4n) is 2.51. The van der Waals surface area contributed by atoms with Crippen molar-refractivity contribution in [1.29, 1.82) is 0 Å². The minimum Gasteiger partial charge on any atom is -0.467 e. The molecular weight excluding hydrogens is 308 g/mol. The molecule has 1 saturated heterocycles. The normalized spacial score (nSPS) is 18.5. The molecule has 0 aliphatic carbocycles. The maximum absolute atomic E-state index is 13.9. The summed E-state index contributed by atoms with van der Waals surface area (Å²) in [6.45, 7) is 0.686. The molecule has 7 heteroatoms. The van der Waals surface area contributed by atoms with Crippen molar-refractivity contribution in [3.8, 4) is 0 Å². The predicted molar refractivity (Wildman–Crippen MR) is 77.5 cm³/mol. The first kappa shape index (κ1) is 17.3. The van der Waals surface area contributed by atoms with Gasteiger partial charge in [-0.05, 0) is 37.5 Å². The van der Waals surface area contributed by atoms with E-state index < -0.39 is 29.6 Å². The third-order valence-corrected chi connectivity index (χ3v) is 3.73. The van der Waals surface area contributed by atoms with Crippen LogP contribution in [0.3, 0.4) is 0 Å². The number of hydrogen-bond acceptors (Lipinski definition) is 4. The van der Waals surface area contributed by atoms with Gasteiger partial charge >= 0.3 is 5.97 Å². The molecule has 1 amide bonds. The van der Waals surface area contributed by atoms with Gasteiger partial charge in [0.15, 0.2) is 6.04 Å². The molecule has 1 aliphatic rings. The fraction of sp³-hybridized carbons (Fsp3) is 0.500. The largest absolute Gasteiger partial charge is 0.467 e. The molecule has 1 fully saturated rings. The third kappa shape index (κ3) is 4.72. The van der Waals surface area contributed by atoms with Gasteiger partial charge in [-0.2, -0.15) is 0 Å². The van der Waals surface area contributed by atoms with Crippen LogP contribution in [0.4, 0.5) is 8.78 Å². The Bertz CT molecular complexity index is 573. The standard InChI is InChI=1S/C16H19F2NO4/c1-22-16(21)15(12-9-10(17)4-6-13(12)18)19-14(20)7-5-11-3-2-8-23-11/h4,6,9,11,15H,2-3,5,7-8H2,1H3,(H,19,20)/t11-,15-/m0/s1. The molecule has 1 heterocycles. The van der Waals surface area contributed by atoms with Gasteiger partial charge in [-0.15, -0.1) is 0 Å². The lowest BCUT2D eigenvalue weighted by Gasteiger charge is -2.18. The van der Waals surface area contributed by atoms with Gasteiger partial charge in [0.25, 0.3) is 0 Å². The quantitative estimate of drug-likeness (QED) is 0.814. The monoisotopic (exact) mass is 327 g/mol. The van der Waals surface area contributed by atoms with Crippen LogP contribution in [0.15, 0.2) is 18.2 Å². The smallest absolute Gasteiger partial charge is 0.333 e. The Hall–Kier alpha value is -2.02. The lowest BCUT2D eigenvalue weighted by atomic mass is 10.0. The van der Waals surface area contributed by atoms with Crippen molar-refractivity contribution in [1.82, 2.24) is 5.32 Å². The number of esters is 1. The van der Waals surface area contributed by atoms with Crippen molar-refractivity contribution in [2.75, 3.05) is 13.7 Å². The number of rotatable bonds is 6. The molecule has 1 aromatic rings. The lowest BCUT2D eigenvalue weighted by molar-refractivity contribution is -0.145. The van der Waals surface area contributed by atoms with Gasteiger partial charge in [0.1, 0.15) is 11.6 Å². The summed E-state index contributed by atoms with van der Waals surface area (Å²) in [6.07, 6.45) is 2.54. The second kappa shape index (κ2) is 8.01. The number of methoxy groups -OCH3 is 1. The van der Waals surface area contributed by atoms with Gasteiger partial charge in [0.2, 0.25) is 5.91 Å². The van der Waals surface area contributed by atoms with Gasteiger partial charge < -0.3 is 14.8 Å². The van der Waals surface area contributed by atoms with Crippen molar-refractivity contribution < 1.29 is 27.8 Å².